The van der Waals surface area contributed by atoms with Crippen molar-refractivity contribution in [2.75, 3.05) is 0 Å². The largest absolute Gasteiger partial charge is 0.793 e. The molecule has 2 aromatic carbocycles. The lowest BCUT2D eigenvalue weighted by molar-refractivity contribution is -0.167. The van der Waals surface area contributed by atoms with Gasteiger partial charge in [0.25, 0.3) is 0 Å². The highest BCUT2D eigenvalue weighted by molar-refractivity contribution is 7.72. The maximum Gasteiger partial charge on any atom is 0.0720 e. The van der Waals surface area contributed by atoms with Crippen LogP contribution in [0.15, 0.2) is 60.7 Å². The van der Waals surface area contributed by atoms with E-state index >= 15 is 0 Å². The molecule has 0 saturated carbocycles. The fourth-order valence-corrected chi connectivity index (χ4v) is 2.82. The molecule has 0 saturated heterocycles. The number of rotatable bonds is 2. The van der Waals surface area contributed by atoms with E-state index in [0.717, 1.165) is 0 Å². The van der Waals surface area contributed by atoms with Crippen molar-refractivity contribution in [3.05, 3.63) is 60.7 Å². The van der Waals surface area contributed by atoms with Crippen LogP contribution >= 0.6 is 7.37 Å². The van der Waals surface area contributed by atoms with Crippen molar-refractivity contribution in [1.82, 2.24) is 6.15 Å². The highest BCUT2D eigenvalue weighted by atomic mass is 31.2. The Morgan fingerprint density at radius 3 is 1.35 bits per heavy atom. The van der Waals surface area contributed by atoms with Crippen LogP contribution in [0.1, 0.15) is 0 Å². The molecule has 0 heterocycles. The summed E-state index contributed by atoms with van der Waals surface area (Å²) < 4.78 is 12.1. The highest BCUT2D eigenvalue weighted by Gasteiger charge is 2.12. The summed E-state index contributed by atoms with van der Waals surface area (Å²) in [7, 11) is -3.65. The van der Waals surface area contributed by atoms with Gasteiger partial charge in [-0.3, -0.25) is 0 Å². The minimum Gasteiger partial charge on any atom is -0.793 e. The highest BCUT2D eigenvalue weighted by Crippen LogP contribution is 2.32. The van der Waals surface area contributed by atoms with E-state index in [2.05, 4.69) is 0 Å². The van der Waals surface area contributed by atoms with Crippen LogP contribution in [0.25, 0.3) is 0 Å². The van der Waals surface area contributed by atoms with Crippen LogP contribution in [-0.4, -0.2) is 5.48 Å². The van der Waals surface area contributed by atoms with Gasteiger partial charge in [0.05, 0.1) is 7.37 Å². The first kappa shape index (κ1) is 15.6. The molecule has 6 N–H and O–H groups in total. The van der Waals surface area contributed by atoms with Gasteiger partial charge in [-0.15, -0.1) is 0 Å². The normalized spacial score (nSPS) is 9.94. The molecule has 0 aromatic heterocycles. The van der Waals surface area contributed by atoms with E-state index in [1.54, 1.807) is 60.7 Å². The second-order valence-electron chi connectivity index (χ2n) is 3.22. The number of hydrogen-bond donors (Lipinski definition) is 1. The quantitative estimate of drug-likeness (QED) is 0.800. The number of benzene rings is 2. The molecule has 92 valence electrons. The fourth-order valence-electron chi connectivity index (χ4n) is 1.40. The van der Waals surface area contributed by atoms with Gasteiger partial charge < -0.3 is 21.1 Å². The first-order chi connectivity index (χ1) is 7.21. The van der Waals surface area contributed by atoms with Crippen molar-refractivity contribution in [2.24, 2.45) is 0 Å². The van der Waals surface area contributed by atoms with Crippen LogP contribution < -0.4 is 21.7 Å². The maximum absolute atomic E-state index is 12.1. The Morgan fingerprint density at radius 2 is 1.06 bits per heavy atom. The van der Waals surface area contributed by atoms with E-state index in [1.165, 1.54) is 0 Å². The molecular formula is C12H16NO3P. The second kappa shape index (κ2) is 6.33. The van der Waals surface area contributed by atoms with E-state index in [4.69, 9.17) is 0 Å². The SMILES string of the molecule is O.O=P([O-])(c1ccccc1)c1ccccc1.[NH4+]. The topological polar surface area (TPSA) is 108 Å². The standard InChI is InChI=1S/C12H11O2P.H3N.H2O/c13-15(14,11-7-3-1-4-8-11)12-9-5-2-6-10-12;;/h1-10H,(H,13,14);1H3;1H2. The molecule has 0 bridgehead atoms. The summed E-state index contributed by atoms with van der Waals surface area (Å²) >= 11 is 0. The maximum atomic E-state index is 12.1. The Kier molecular flexibility index (Phi) is 5.79. The van der Waals surface area contributed by atoms with Gasteiger partial charge in [0.15, 0.2) is 0 Å². The zero-order valence-electron chi connectivity index (χ0n) is 9.54. The third kappa shape index (κ3) is 3.25. The van der Waals surface area contributed by atoms with Crippen molar-refractivity contribution in [3.63, 3.8) is 0 Å². The first-order valence-corrected chi connectivity index (χ1v) is 6.26. The van der Waals surface area contributed by atoms with Gasteiger partial charge in [0.1, 0.15) is 0 Å². The summed E-state index contributed by atoms with van der Waals surface area (Å²) in [5.74, 6) is 0. The predicted molar refractivity (Wildman–Crippen MR) is 69.4 cm³/mol. The molecule has 0 spiro atoms. The predicted octanol–water partition coefficient (Wildman–Crippen LogP) is 0.827. The van der Waals surface area contributed by atoms with Gasteiger partial charge in [0.2, 0.25) is 0 Å². The Labute approximate surface area is 100 Å². The molecule has 0 amide bonds. The van der Waals surface area contributed by atoms with Gasteiger partial charge in [-0.2, -0.15) is 0 Å². The van der Waals surface area contributed by atoms with E-state index < -0.39 is 7.37 Å². The average Bonchev–Trinajstić information content (AvgIpc) is 2.31. The lowest BCUT2D eigenvalue weighted by atomic mass is 10.4. The van der Waals surface area contributed by atoms with Crippen LogP contribution in [0.4, 0.5) is 0 Å². The summed E-state index contributed by atoms with van der Waals surface area (Å²) in [4.78, 5) is 12.1. The molecular weight excluding hydrogens is 237 g/mol. The average molecular weight is 253 g/mol. The molecule has 4 nitrogen and oxygen atoms in total. The number of hydrogen-bond acceptors (Lipinski definition) is 2. The van der Waals surface area contributed by atoms with Crippen molar-refractivity contribution in [2.45, 2.75) is 0 Å². The van der Waals surface area contributed by atoms with Gasteiger partial charge >= 0.3 is 0 Å². The Balaban J connectivity index is 0.00000128. The lowest BCUT2D eigenvalue weighted by Gasteiger charge is -2.23. The zero-order chi connectivity index (χ0) is 10.7. The Bertz CT molecular complexity index is 444. The summed E-state index contributed by atoms with van der Waals surface area (Å²) in [5, 5.41) is 0.715. The van der Waals surface area contributed by atoms with Crippen LogP contribution in [0, 0.1) is 0 Å². The molecule has 0 fully saturated rings. The lowest BCUT2D eigenvalue weighted by Crippen LogP contribution is -2.24. The zero-order valence-corrected chi connectivity index (χ0v) is 10.4. The second-order valence-corrected chi connectivity index (χ2v) is 5.36. The van der Waals surface area contributed by atoms with Crippen molar-refractivity contribution in [3.8, 4) is 0 Å². The molecule has 2 rings (SSSR count). The van der Waals surface area contributed by atoms with E-state index in [0.29, 0.717) is 10.6 Å². The van der Waals surface area contributed by atoms with Crippen LogP contribution in [0.2, 0.25) is 0 Å². The monoisotopic (exact) mass is 253 g/mol. The van der Waals surface area contributed by atoms with Gasteiger partial charge in [-0.1, -0.05) is 60.7 Å². The van der Waals surface area contributed by atoms with Crippen LogP contribution in [0.5, 0.6) is 0 Å². The molecule has 0 unspecified atom stereocenters. The van der Waals surface area contributed by atoms with Crippen molar-refractivity contribution in [1.29, 1.82) is 0 Å². The Morgan fingerprint density at radius 1 is 0.765 bits per heavy atom. The molecule has 0 aliphatic heterocycles. The summed E-state index contributed by atoms with van der Waals surface area (Å²) in [6, 6.07) is 16.9. The first-order valence-electron chi connectivity index (χ1n) is 4.63. The number of quaternary nitrogens is 1. The summed E-state index contributed by atoms with van der Waals surface area (Å²) in [6.07, 6.45) is 0. The minimum absolute atomic E-state index is 0. The molecule has 5 heteroatoms. The summed E-state index contributed by atoms with van der Waals surface area (Å²) in [6.45, 7) is 0. The molecule has 0 aliphatic rings. The van der Waals surface area contributed by atoms with Crippen LogP contribution in [-0.2, 0) is 4.57 Å². The summed E-state index contributed by atoms with van der Waals surface area (Å²) in [5.41, 5.74) is 0. The van der Waals surface area contributed by atoms with Crippen molar-refractivity contribution >= 4 is 18.0 Å². The van der Waals surface area contributed by atoms with Crippen LogP contribution in [0.3, 0.4) is 0 Å². The fraction of sp³-hybridized carbons (Fsp3) is 0. The molecule has 17 heavy (non-hydrogen) atoms. The third-order valence-corrected chi connectivity index (χ3v) is 4.15. The molecule has 0 aliphatic carbocycles. The third-order valence-electron chi connectivity index (χ3n) is 2.19. The molecule has 2 aromatic rings. The Hall–Kier alpha value is -1.45. The van der Waals surface area contributed by atoms with E-state index in [9.17, 15) is 9.46 Å². The van der Waals surface area contributed by atoms with E-state index in [1.807, 2.05) is 0 Å². The van der Waals surface area contributed by atoms with E-state index in [-0.39, 0.29) is 11.6 Å². The molecule has 0 radical (unpaired) electrons. The molecule has 0 atom stereocenters. The smallest absolute Gasteiger partial charge is 0.0720 e. The van der Waals surface area contributed by atoms with Gasteiger partial charge in [0, 0.05) is 10.6 Å². The minimum atomic E-state index is -3.65. The van der Waals surface area contributed by atoms with Gasteiger partial charge in [-0.25, -0.2) is 0 Å². The van der Waals surface area contributed by atoms with Crippen molar-refractivity contribution < 1.29 is 14.9 Å². The van der Waals surface area contributed by atoms with Gasteiger partial charge in [-0.05, 0) is 0 Å².